The molecule has 3 aromatic rings. The molecule has 0 unspecified atom stereocenters. The predicted molar refractivity (Wildman–Crippen MR) is 134 cm³/mol. The first-order valence-electron chi connectivity index (χ1n) is 11.6. The van der Waals surface area contributed by atoms with Crippen molar-refractivity contribution in [2.75, 3.05) is 41.5 Å². The molecule has 2 N–H and O–H groups in total. The first-order chi connectivity index (χ1) is 17.3. The van der Waals surface area contributed by atoms with Gasteiger partial charge in [0, 0.05) is 31.4 Å². The van der Waals surface area contributed by atoms with Crippen LogP contribution in [0.3, 0.4) is 0 Å². The molecule has 0 aliphatic carbocycles. The first kappa shape index (κ1) is 25.1. The minimum Gasteiger partial charge on any atom is -0.497 e. The lowest BCUT2D eigenvalue weighted by molar-refractivity contribution is -0.149. The number of urea groups is 1. The van der Waals surface area contributed by atoms with Crippen LogP contribution < -0.4 is 9.47 Å². The zero-order valence-electron chi connectivity index (χ0n) is 20.9. The van der Waals surface area contributed by atoms with Gasteiger partial charge in [0.25, 0.3) is 0 Å². The van der Waals surface area contributed by atoms with Crippen LogP contribution in [-0.4, -0.2) is 73.6 Å². The summed E-state index contributed by atoms with van der Waals surface area (Å²) in [5.41, 5.74) is 3.42. The van der Waals surface area contributed by atoms with E-state index in [2.05, 4.69) is 4.98 Å². The molecular weight excluding hydrogens is 462 g/mol. The maximum atomic E-state index is 13.2. The molecule has 1 aromatic heterocycles. The smallest absolute Gasteiger partial charge is 0.343 e. The fourth-order valence-electron chi connectivity index (χ4n) is 4.76. The van der Waals surface area contributed by atoms with Gasteiger partial charge >= 0.3 is 12.0 Å². The van der Waals surface area contributed by atoms with Crippen molar-refractivity contribution >= 4 is 12.0 Å². The molecule has 0 bridgehead atoms. The number of likely N-dealkylation sites (tertiary alicyclic amines) is 1. The number of ether oxygens (including phenoxy) is 3. The number of carbonyl (C=O) groups excluding carboxylic acids is 2. The molecule has 1 saturated heterocycles. The number of hydrogen-bond donors (Lipinski definition) is 2. The van der Waals surface area contributed by atoms with Crippen molar-refractivity contribution < 1.29 is 29.0 Å². The van der Waals surface area contributed by atoms with E-state index in [9.17, 15) is 14.8 Å². The van der Waals surface area contributed by atoms with Crippen molar-refractivity contribution in [2.24, 2.45) is 0 Å². The number of benzene rings is 2. The highest BCUT2D eigenvalue weighted by Gasteiger charge is 2.46. The number of methoxy groups -OCH3 is 3. The molecule has 36 heavy (non-hydrogen) atoms. The third-order valence-electron chi connectivity index (χ3n) is 6.85. The molecular formula is C27H31N3O6. The highest BCUT2D eigenvalue weighted by molar-refractivity contribution is 5.88. The number of esters is 1. The van der Waals surface area contributed by atoms with Crippen LogP contribution in [0.5, 0.6) is 11.5 Å². The zero-order chi connectivity index (χ0) is 25.9. The number of nitrogens with one attached hydrogen (secondary N) is 1. The van der Waals surface area contributed by atoms with E-state index in [0.717, 1.165) is 39.6 Å². The summed E-state index contributed by atoms with van der Waals surface area (Å²) in [5.74, 6) is 1.13. The summed E-state index contributed by atoms with van der Waals surface area (Å²) in [5, 5.41) is 10.1. The lowest BCUT2D eigenvalue weighted by Gasteiger charge is -2.39. The Hall–Kier alpha value is -3.98. The van der Waals surface area contributed by atoms with Crippen LogP contribution in [0.2, 0.25) is 0 Å². The van der Waals surface area contributed by atoms with Crippen LogP contribution in [0.1, 0.15) is 18.5 Å². The predicted octanol–water partition coefficient (Wildman–Crippen LogP) is 4.31. The molecule has 1 aliphatic heterocycles. The summed E-state index contributed by atoms with van der Waals surface area (Å²) in [4.78, 5) is 30.5. The molecule has 0 spiro atoms. The second-order valence-corrected chi connectivity index (χ2v) is 8.80. The molecule has 0 radical (unpaired) electrons. The third-order valence-corrected chi connectivity index (χ3v) is 6.85. The number of amides is 2. The molecule has 190 valence electrons. The normalized spacial score (nSPS) is 14.8. The molecule has 2 amide bonds. The quantitative estimate of drug-likeness (QED) is 0.301. The molecule has 0 atom stereocenters. The van der Waals surface area contributed by atoms with Gasteiger partial charge in [-0.2, -0.15) is 0 Å². The molecule has 9 heteroatoms. The zero-order valence-corrected chi connectivity index (χ0v) is 20.9. The highest BCUT2D eigenvalue weighted by atomic mass is 16.5. The van der Waals surface area contributed by atoms with Gasteiger partial charge in [-0.3, -0.25) is 10.0 Å². The van der Waals surface area contributed by atoms with Gasteiger partial charge in [0.1, 0.15) is 16.9 Å². The molecule has 0 saturated carbocycles. The van der Waals surface area contributed by atoms with Crippen LogP contribution in [0.4, 0.5) is 4.79 Å². The van der Waals surface area contributed by atoms with Crippen LogP contribution in [0.25, 0.3) is 22.4 Å². The summed E-state index contributed by atoms with van der Waals surface area (Å²) in [7, 11) is 5.91. The number of piperidine rings is 1. The summed E-state index contributed by atoms with van der Waals surface area (Å²) in [6, 6.07) is 16.9. The Labute approximate surface area is 210 Å². The van der Waals surface area contributed by atoms with Gasteiger partial charge in [0.15, 0.2) is 0 Å². The van der Waals surface area contributed by atoms with E-state index in [4.69, 9.17) is 14.2 Å². The summed E-state index contributed by atoms with van der Waals surface area (Å²) in [6.45, 7) is 0.598. The van der Waals surface area contributed by atoms with Crippen molar-refractivity contribution in [3.8, 4) is 33.9 Å². The second kappa shape index (κ2) is 10.3. The third kappa shape index (κ3) is 4.61. The van der Waals surface area contributed by atoms with E-state index >= 15 is 0 Å². The van der Waals surface area contributed by atoms with Crippen molar-refractivity contribution in [2.45, 2.75) is 18.3 Å². The van der Waals surface area contributed by atoms with Gasteiger partial charge in [0.05, 0.1) is 27.0 Å². The lowest BCUT2D eigenvalue weighted by Crippen LogP contribution is -2.51. The topological polar surface area (TPSA) is 104 Å². The van der Waals surface area contributed by atoms with Crippen LogP contribution in [0, 0.1) is 0 Å². The van der Waals surface area contributed by atoms with E-state index < -0.39 is 11.4 Å². The Kier molecular flexibility index (Phi) is 7.21. The number of carbonyl (C=O) groups is 2. The van der Waals surface area contributed by atoms with E-state index in [1.807, 2.05) is 54.6 Å². The largest absolute Gasteiger partial charge is 0.497 e. The van der Waals surface area contributed by atoms with Gasteiger partial charge in [-0.1, -0.05) is 12.1 Å². The Bertz CT molecular complexity index is 1140. The number of H-pyrrole nitrogens is 1. The van der Waals surface area contributed by atoms with Gasteiger partial charge in [-0.25, -0.2) is 9.86 Å². The molecule has 9 nitrogen and oxygen atoms in total. The van der Waals surface area contributed by atoms with Crippen LogP contribution >= 0.6 is 0 Å². The summed E-state index contributed by atoms with van der Waals surface area (Å²) < 4.78 is 15.9. The number of hydroxylamine groups is 2. The van der Waals surface area contributed by atoms with Gasteiger partial charge in [-0.15, -0.1) is 0 Å². The van der Waals surface area contributed by atoms with E-state index in [0.29, 0.717) is 31.0 Å². The monoisotopic (exact) mass is 493 g/mol. The van der Waals surface area contributed by atoms with Crippen molar-refractivity contribution in [3.63, 3.8) is 0 Å². The highest BCUT2D eigenvalue weighted by Crippen LogP contribution is 2.42. The number of aromatic amines is 1. The average Bonchev–Trinajstić information content (AvgIpc) is 3.38. The first-order valence-corrected chi connectivity index (χ1v) is 11.6. The van der Waals surface area contributed by atoms with Crippen molar-refractivity contribution in [1.29, 1.82) is 0 Å². The Morgan fingerprint density at radius 1 is 0.917 bits per heavy atom. The van der Waals surface area contributed by atoms with Gasteiger partial charge in [-0.05, 0) is 66.4 Å². The number of nitrogens with zero attached hydrogens (tertiary/aromatic N) is 2. The van der Waals surface area contributed by atoms with E-state index in [1.165, 1.54) is 19.1 Å². The fraction of sp³-hybridized carbons (Fsp3) is 0.333. The number of rotatable bonds is 6. The van der Waals surface area contributed by atoms with Gasteiger partial charge in [0.2, 0.25) is 0 Å². The van der Waals surface area contributed by atoms with Crippen LogP contribution in [0.15, 0.2) is 54.6 Å². The minimum atomic E-state index is -0.967. The lowest BCUT2D eigenvalue weighted by atomic mass is 9.75. The summed E-state index contributed by atoms with van der Waals surface area (Å²) >= 11 is 0. The molecule has 4 rings (SSSR count). The molecule has 1 fully saturated rings. The Balaban J connectivity index is 1.80. The standard InChI is InChI=1S/C27H31N3O6/c1-29(33)26(32)30-15-13-27(14-16-30,25(31)36-4)23-17-22(18-5-9-20(34-2)10-6-18)24(28-23)19-7-11-21(35-3)12-8-19/h5-12,17,28,33H,13-16H2,1-4H3. The fourth-order valence-corrected chi connectivity index (χ4v) is 4.76. The number of hydrogen-bond acceptors (Lipinski definition) is 6. The summed E-state index contributed by atoms with van der Waals surface area (Å²) in [6.07, 6.45) is 0.702. The average molecular weight is 494 g/mol. The van der Waals surface area contributed by atoms with Crippen LogP contribution in [-0.2, 0) is 14.9 Å². The second-order valence-electron chi connectivity index (χ2n) is 8.80. The molecule has 1 aliphatic rings. The molecule has 2 heterocycles. The SMILES string of the molecule is COC(=O)C1(c2cc(-c3ccc(OC)cc3)c(-c3ccc(OC)cc3)[nH]2)CCN(C(=O)N(C)O)CC1. The molecule has 2 aromatic carbocycles. The maximum Gasteiger partial charge on any atom is 0.343 e. The van der Waals surface area contributed by atoms with Crippen molar-refractivity contribution in [1.82, 2.24) is 14.9 Å². The number of aromatic nitrogens is 1. The van der Waals surface area contributed by atoms with E-state index in [1.54, 1.807) is 14.2 Å². The van der Waals surface area contributed by atoms with E-state index in [-0.39, 0.29) is 5.97 Å². The minimum absolute atomic E-state index is 0.299. The van der Waals surface area contributed by atoms with Gasteiger partial charge < -0.3 is 24.1 Å². The Morgan fingerprint density at radius 2 is 1.44 bits per heavy atom. The Morgan fingerprint density at radius 3 is 1.92 bits per heavy atom. The van der Waals surface area contributed by atoms with Crippen molar-refractivity contribution in [3.05, 3.63) is 60.3 Å². The maximum absolute atomic E-state index is 13.2.